The Kier molecular flexibility index (Phi) is 6.33. The standard InChI is InChI=1S/C24H24N2O6S/c1-3-31-24(28)23-21(15-22(27)26(25-23)20-11-7-4-8-16(20)2)32-33(29,30)19-13-12-17-9-5-6-10-18(17)14-19/h4,7-8,11-15H,3,5-6,9-10H2,1-2H3. The van der Waals surface area contributed by atoms with E-state index in [9.17, 15) is 18.0 Å². The first-order valence-electron chi connectivity index (χ1n) is 10.7. The quantitative estimate of drug-likeness (QED) is 0.403. The minimum absolute atomic E-state index is 0.0407. The average molecular weight is 469 g/mol. The number of nitrogens with zero attached hydrogens (tertiary/aromatic N) is 2. The van der Waals surface area contributed by atoms with E-state index in [2.05, 4.69) is 5.10 Å². The normalized spacial score (nSPS) is 13.3. The van der Waals surface area contributed by atoms with Crippen LogP contribution in [-0.2, 0) is 27.7 Å². The number of hydrogen-bond acceptors (Lipinski definition) is 7. The van der Waals surface area contributed by atoms with Crippen molar-refractivity contribution in [1.82, 2.24) is 9.78 Å². The van der Waals surface area contributed by atoms with Gasteiger partial charge in [0.2, 0.25) is 5.69 Å². The molecule has 9 heteroatoms. The van der Waals surface area contributed by atoms with Crippen molar-refractivity contribution < 1.29 is 22.1 Å². The molecule has 3 aromatic rings. The molecule has 1 heterocycles. The maximum Gasteiger partial charge on any atom is 0.362 e. The monoisotopic (exact) mass is 468 g/mol. The molecule has 1 aromatic heterocycles. The fourth-order valence-corrected chi connectivity index (χ4v) is 4.83. The van der Waals surface area contributed by atoms with E-state index in [4.69, 9.17) is 8.92 Å². The summed E-state index contributed by atoms with van der Waals surface area (Å²) in [5.41, 5.74) is 2.24. The Labute approximate surface area is 191 Å². The van der Waals surface area contributed by atoms with E-state index in [1.165, 1.54) is 6.07 Å². The largest absolute Gasteiger partial charge is 0.461 e. The number of carbonyl (C=O) groups excluding carboxylic acids is 1. The Morgan fingerprint density at radius 1 is 1.06 bits per heavy atom. The number of rotatable bonds is 6. The van der Waals surface area contributed by atoms with Gasteiger partial charge in [0.05, 0.1) is 18.4 Å². The molecule has 0 N–H and O–H groups in total. The van der Waals surface area contributed by atoms with E-state index >= 15 is 0 Å². The third kappa shape index (κ3) is 4.68. The lowest BCUT2D eigenvalue weighted by molar-refractivity contribution is 0.0515. The van der Waals surface area contributed by atoms with Gasteiger partial charge in [-0.1, -0.05) is 24.3 Å². The molecule has 1 aliphatic rings. The number of aryl methyl sites for hydroxylation is 3. The number of para-hydroxylation sites is 1. The number of hydrogen-bond donors (Lipinski definition) is 0. The van der Waals surface area contributed by atoms with Gasteiger partial charge >= 0.3 is 16.1 Å². The first kappa shape index (κ1) is 22.7. The molecule has 0 atom stereocenters. The summed E-state index contributed by atoms with van der Waals surface area (Å²) in [4.78, 5) is 25.4. The lowest BCUT2D eigenvalue weighted by Crippen LogP contribution is -2.26. The lowest BCUT2D eigenvalue weighted by Gasteiger charge is -2.17. The van der Waals surface area contributed by atoms with Gasteiger partial charge in [-0.15, -0.1) is 0 Å². The molecule has 8 nitrogen and oxygen atoms in total. The van der Waals surface area contributed by atoms with Crippen LogP contribution in [0.1, 0.15) is 46.9 Å². The summed E-state index contributed by atoms with van der Waals surface area (Å²) >= 11 is 0. The van der Waals surface area contributed by atoms with E-state index in [1.54, 1.807) is 50.2 Å². The molecule has 0 spiro atoms. The van der Waals surface area contributed by atoms with Crippen LogP contribution in [0.5, 0.6) is 5.75 Å². The van der Waals surface area contributed by atoms with Crippen LogP contribution in [-0.4, -0.2) is 30.8 Å². The number of fused-ring (bicyclic) bond motifs is 1. The second kappa shape index (κ2) is 9.19. The Morgan fingerprint density at radius 2 is 1.79 bits per heavy atom. The second-order valence-corrected chi connectivity index (χ2v) is 9.34. The van der Waals surface area contributed by atoms with Gasteiger partial charge in [-0.25, -0.2) is 4.79 Å². The van der Waals surface area contributed by atoms with Crippen LogP contribution in [0.2, 0.25) is 0 Å². The zero-order valence-corrected chi connectivity index (χ0v) is 19.2. The van der Waals surface area contributed by atoms with Crippen molar-refractivity contribution in [3.05, 3.63) is 81.3 Å². The highest BCUT2D eigenvalue weighted by Crippen LogP contribution is 2.27. The van der Waals surface area contributed by atoms with Crippen LogP contribution in [0, 0.1) is 6.92 Å². The minimum atomic E-state index is -4.32. The van der Waals surface area contributed by atoms with Crippen molar-refractivity contribution >= 4 is 16.1 Å². The van der Waals surface area contributed by atoms with Crippen molar-refractivity contribution in [2.75, 3.05) is 6.61 Å². The fourth-order valence-electron chi connectivity index (χ4n) is 3.85. The van der Waals surface area contributed by atoms with Gasteiger partial charge in [-0.05, 0) is 74.4 Å². The number of ether oxygens (including phenoxy) is 1. The van der Waals surface area contributed by atoms with Crippen molar-refractivity contribution in [3.63, 3.8) is 0 Å². The molecule has 1 aliphatic carbocycles. The summed E-state index contributed by atoms with van der Waals surface area (Å²) in [5.74, 6) is -1.36. The van der Waals surface area contributed by atoms with Gasteiger partial charge in [0.1, 0.15) is 4.90 Å². The van der Waals surface area contributed by atoms with E-state index in [0.29, 0.717) is 5.69 Å². The van der Waals surface area contributed by atoms with E-state index < -0.39 is 33.1 Å². The first-order chi connectivity index (χ1) is 15.8. The summed E-state index contributed by atoms with van der Waals surface area (Å²) in [6, 6.07) is 12.8. The summed E-state index contributed by atoms with van der Waals surface area (Å²) in [7, 11) is -4.32. The summed E-state index contributed by atoms with van der Waals surface area (Å²) in [6.07, 6.45) is 3.76. The van der Waals surface area contributed by atoms with Crippen molar-refractivity contribution in [2.24, 2.45) is 0 Å². The van der Waals surface area contributed by atoms with Crippen LogP contribution in [0.15, 0.2) is 58.2 Å². The molecule has 0 bridgehead atoms. The van der Waals surface area contributed by atoms with Crippen molar-refractivity contribution in [2.45, 2.75) is 44.4 Å². The molecule has 0 radical (unpaired) electrons. The van der Waals surface area contributed by atoms with Gasteiger partial charge in [-0.3, -0.25) is 4.79 Å². The van der Waals surface area contributed by atoms with Gasteiger partial charge < -0.3 is 8.92 Å². The average Bonchev–Trinajstić information content (AvgIpc) is 2.79. The summed E-state index contributed by atoms with van der Waals surface area (Å²) in [5, 5.41) is 4.11. The van der Waals surface area contributed by atoms with Gasteiger partial charge in [-0.2, -0.15) is 18.2 Å². The van der Waals surface area contributed by atoms with Crippen LogP contribution in [0.4, 0.5) is 0 Å². The molecule has 4 rings (SSSR count). The molecular formula is C24H24N2O6S. The van der Waals surface area contributed by atoms with E-state index in [-0.39, 0.29) is 11.5 Å². The summed E-state index contributed by atoms with van der Waals surface area (Å²) < 4.78 is 37.4. The predicted molar refractivity (Wildman–Crippen MR) is 121 cm³/mol. The molecule has 0 saturated heterocycles. The molecule has 0 amide bonds. The van der Waals surface area contributed by atoms with Gasteiger partial charge in [0.25, 0.3) is 5.56 Å². The van der Waals surface area contributed by atoms with Crippen molar-refractivity contribution in [1.29, 1.82) is 0 Å². The third-order valence-electron chi connectivity index (χ3n) is 5.52. The number of aromatic nitrogens is 2. The molecule has 0 unspecified atom stereocenters. The molecule has 33 heavy (non-hydrogen) atoms. The number of carbonyl (C=O) groups is 1. The Bertz CT molecular complexity index is 1380. The third-order valence-corrected chi connectivity index (χ3v) is 6.75. The Balaban J connectivity index is 1.78. The summed E-state index contributed by atoms with van der Waals surface area (Å²) in [6.45, 7) is 3.44. The topological polar surface area (TPSA) is 105 Å². The maximum atomic E-state index is 13.0. The van der Waals surface area contributed by atoms with Crippen LogP contribution < -0.4 is 9.74 Å². The van der Waals surface area contributed by atoms with Crippen molar-refractivity contribution in [3.8, 4) is 11.4 Å². The zero-order valence-electron chi connectivity index (χ0n) is 18.4. The van der Waals surface area contributed by atoms with Crippen LogP contribution in [0.25, 0.3) is 5.69 Å². The smallest absolute Gasteiger partial charge is 0.362 e. The highest BCUT2D eigenvalue weighted by atomic mass is 32.2. The highest BCUT2D eigenvalue weighted by molar-refractivity contribution is 7.87. The lowest BCUT2D eigenvalue weighted by atomic mass is 9.92. The number of esters is 1. The first-order valence-corrected chi connectivity index (χ1v) is 12.1. The van der Waals surface area contributed by atoms with Crippen LogP contribution in [0.3, 0.4) is 0 Å². The molecule has 0 saturated carbocycles. The van der Waals surface area contributed by atoms with Gasteiger partial charge in [0.15, 0.2) is 5.75 Å². The van der Waals surface area contributed by atoms with E-state index in [0.717, 1.165) is 53.1 Å². The second-order valence-electron chi connectivity index (χ2n) is 7.79. The Hall–Kier alpha value is -3.46. The Morgan fingerprint density at radius 3 is 2.52 bits per heavy atom. The molecular weight excluding hydrogens is 444 g/mol. The molecule has 0 fully saturated rings. The van der Waals surface area contributed by atoms with Crippen LogP contribution >= 0.6 is 0 Å². The molecule has 172 valence electrons. The van der Waals surface area contributed by atoms with E-state index in [1.807, 2.05) is 0 Å². The predicted octanol–water partition coefficient (Wildman–Crippen LogP) is 3.36. The molecule has 0 aliphatic heterocycles. The highest BCUT2D eigenvalue weighted by Gasteiger charge is 2.26. The zero-order chi connectivity index (χ0) is 23.6. The van der Waals surface area contributed by atoms with Gasteiger partial charge in [0, 0.05) is 0 Å². The fraction of sp³-hybridized carbons (Fsp3) is 0.292. The minimum Gasteiger partial charge on any atom is -0.461 e. The molecule has 2 aromatic carbocycles. The maximum absolute atomic E-state index is 13.0. The number of benzene rings is 2. The SMILES string of the molecule is CCOC(=O)c1nn(-c2ccccc2C)c(=O)cc1OS(=O)(=O)c1ccc2c(c1)CCCC2.